The Kier molecular flexibility index (Phi) is 19.3. The second kappa shape index (κ2) is 24.4. The predicted molar refractivity (Wildman–Crippen MR) is 307 cm³/mol. The van der Waals surface area contributed by atoms with E-state index < -0.39 is 0 Å². The number of rotatable bonds is 10. The smallest absolute Gasteiger partial charge is 0.0159 e. The first-order chi connectivity index (χ1) is 32.6. The highest BCUT2D eigenvalue weighted by Crippen LogP contribution is 2.49. The van der Waals surface area contributed by atoms with Crippen molar-refractivity contribution >= 4 is 0 Å². The summed E-state index contributed by atoms with van der Waals surface area (Å²) in [6, 6.07) is 58.1. The fourth-order valence-electron chi connectivity index (χ4n) is 10.2. The molecule has 0 bridgehead atoms. The lowest BCUT2D eigenvalue weighted by Gasteiger charge is -2.22. The molecule has 0 heterocycles. The fourth-order valence-corrected chi connectivity index (χ4v) is 10.2. The maximum atomic E-state index is 2.40. The average molecular weight is 917 g/mol. The third-order valence-electron chi connectivity index (χ3n) is 14.2. The molecule has 1 aliphatic carbocycles. The van der Waals surface area contributed by atoms with Crippen molar-refractivity contribution in [3.63, 3.8) is 0 Å². The first-order valence-electron chi connectivity index (χ1n) is 26.4. The molecule has 69 heavy (non-hydrogen) atoms. The summed E-state index contributed by atoms with van der Waals surface area (Å²) in [5, 5.41) is 0. The predicted octanol–water partition coefficient (Wildman–Crippen LogP) is 21.4. The molecule has 0 saturated heterocycles. The minimum Gasteiger partial charge on any atom is -0.0620 e. The highest BCUT2D eigenvalue weighted by atomic mass is 14.4. The van der Waals surface area contributed by atoms with Crippen LogP contribution in [0.3, 0.4) is 0 Å². The molecule has 0 heteroatoms. The second-order valence-electron chi connectivity index (χ2n) is 22.5. The summed E-state index contributed by atoms with van der Waals surface area (Å²) in [4.78, 5) is 0. The average Bonchev–Trinajstić information content (AvgIpc) is 3.56. The lowest BCUT2D eigenvalue weighted by atomic mass is 9.81. The van der Waals surface area contributed by atoms with E-state index in [2.05, 4.69) is 282 Å². The van der Waals surface area contributed by atoms with Crippen LogP contribution in [-0.4, -0.2) is 0 Å². The van der Waals surface area contributed by atoms with E-state index in [0.29, 0.717) is 47.3 Å². The Hall–Kier alpha value is -5.46. The molecular formula is C69H88. The quantitative estimate of drug-likeness (QED) is 0.128. The third-order valence-corrected chi connectivity index (χ3v) is 14.2. The van der Waals surface area contributed by atoms with Gasteiger partial charge in [0.05, 0.1) is 0 Å². The van der Waals surface area contributed by atoms with Crippen LogP contribution in [-0.2, 0) is 5.41 Å². The van der Waals surface area contributed by atoms with Crippen LogP contribution in [0.2, 0.25) is 0 Å². The Morgan fingerprint density at radius 3 is 0.841 bits per heavy atom. The molecule has 0 radical (unpaired) electrons. The van der Waals surface area contributed by atoms with E-state index in [-0.39, 0.29) is 5.41 Å². The number of hydrogen-bond acceptors (Lipinski definition) is 0. The summed E-state index contributed by atoms with van der Waals surface area (Å²) in [6.07, 6.45) is 0. The zero-order chi connectivity index (χ0) is 50.7. The SMILES string of the molecule is CC(C)c1ccc(-c2ccc(-c3ccc4c(c3)C(C)(C)c3ccccc3-4)cc2)cc1C(C)C.CC(C)c1ccccc1C(C)C.CC(C)c1ccccc1C(C)C.CC(C)c1ccccc1C(C)C. The molecular weight excluding hydrogens is 829 g/mol. The molecule has 7 aromatic rings. The minimum atomic E-state index is 0.0350. The lowest BCUT2D eigenvalue weighted by molar-refractivity contribution is 0.660. The van der Waals surface area contributed by atoms with Gasteiger partial charge >= 0.3 is 0 Å². The van der Waals surface area contributed by atoms with Crippen molar-refractivity contribution < 1.29 is 0 Å². The van der Waals surface area contributed by atoms with Gasteiger partial charge in [0.1, 0.15) is 0 Å². The van der Waals surface area contributed by atoms with Gasteiger partial charge in [-0.25, -0.2) is 0 Å². The molecule has 364 valence electrons. The van der Waals surface area contributed by atoms with E-state index in [4.69, 9.17) is 0 Å². The van der Waals surface area contributed by atoms with Crippen LogP contribution >= 0.6 is 0 Å². The van der Waals surface area contributed by atoms with Crippen LogP contribution in [0.25, 0.3) is 33.4 Å². The van der Waals surface area contributed by atoms with Crippen LogP contribution in [0, 0.1) is 0 Å². The topological polar surface area (TPSA) is 0 Å². The van der Waals surface area contributed by atoms with Gasteiger partial charge < -0.3 is 0 Å². The Balaban J connectivity index is 0.000000202. The maximum Gasteiger partial charge on any atom is 0.0159 e. The van der Waals surface area contributed by atoms with Crippen LogP contribution in [0.5, 0.6) is 0 Å². The summed E-state index contributed by atoms with van der Waals surface area (Å²) in [7, 11) is 0. The molecule has 1 aliphatic rings. The highest BCUT2D eigenvalue weighted by Gasteiger charge is 2.35. The van der Waals surface area contributed by atoms with E-state index in [0.717, 1.165) is 0 Å². The van der Waals surface area contributed by atoms with Gasteiger partial charge in [0.25, 0.3) is 0 Å². The van der Waals surface area contributed by atoms with E-state index in [1.54, 1.807) is 0 Å². The molecule has 8 rings (SSSR count). The van der Waals surface area contributed by atoms with Gasteiger partial charge in [-0.05, 0) is 142 Å². The molecule has 0 nitrogen and oxygen atoms in total. The van der Waals surface area contributed by atoms with Gasteiger partial charge in [-0.3, -0.25) is 0 Å². The highest BCUT2D eigenvalue weighted by molar-refractivity contribution is 5.84. The Labute approximate surface area is 422 Å². The van der Waals surface area contributed by atoms with Crippen LogP contribution in [0.15, 0.2) is 158 Å². The second-order valence-corrected chi connectivity index (χ2v) is 22.5. The van der Waals surface area contributed by atoms with Gasteiger partial charge in [0.2, 0.25) is 0 Å². The van der Waals surface area contributed by atoms with Crippen LogP contribution < -0.4 is 0 Å². The molecule has 0 spiro atoms. The maximum absolute atomic E-state index is 2.40. The molecule has 0 fully saturated rings. The van der Waals surface area contributed by atoms with Gasteiger partial charge in [-0.15, -0.1) is 0 Å². The monoisotopic (exact) mass is 917 g/mol. The van der Waals surface area contributed by atoms with Gasteiger partial charge in [-0.1, -0.05) is 276 Å². The molecule has 0 aliphatic heterocycles. The summed E-state index contributed by atoms with van der Waals surface area (Å²) in [5.41, 5.74) is 22.7. The number of fused-ring (bicyclic) bond motifs is 3. The molecule has 7 aromatic carbocycles. The van der Waals surface area contributed by atoms with Crippen LogP contribution in [0.1, 0.15) is 228 Å². The van der Waals surface area contributed by atoms with E-state index in [1.807, 2.05) is 0 Å². The molecule has 0 atom stereocenters. The van der Waals surface area contributed by atoms with Gasteiger partial charge in [0, 0.05) is 5.41 Å². The first-order valence-corrected chi connectivity index (χ1v) is 26.4. The Morgan fingerprint density at radius 1 is 0.232 bits per heavy atom. The molecule has 0 N–H and O–H groups in total. The molecule has 0 unspecified atom stereocenters. The van der Waals surface area contributed by atoms with Crippen molar-refractivity contribution in [2.24, 2.45) is 0 Å². The summed E-state index contributed by atoms with van der Waals surface area (Å²) < 4.78 is 0. The van der Waals surface area contributed by atoms with Crippen molar-refractivity contribution in [3.05, 3.63) is 213 Å². The molecule has 0 aromatic heterocycles. The van der Waals surface area contributed by atoms with Crippen LogP contribution in [0.4, 0.5) is 0 Å². The van der Waals surface area contributed by atoms with Gasteiger partial charge in [0.15, 0.2) is 0 Å². The zero-order valence-electron chi connectivity index (χ0n) is 46.1. The first kappa shape index (κ1) is 54.5. The summed E-state index contributed by atoms with van der Waals surface area (Å²) in [6.45, 7) is 40.9. The standard InChI is InChI=1S/C33H34.3C12H18/c1-21(2)27-17-15-25(19-30(27)22(3)4)23-11-13-24(14-12-23)26-16-18-29-28-9-7-8-10-31(28)33(5,6)32(29)20-26;3*1-9(2)11-7-5-6-8-12(11)10(3)4/h7-22H,1-6H3;3*5-10H,1-4H3. The van der Waals surface area contributed by atoms with Gasteiger partial charge in [-0.2, -0.15) is 0 Å². The fraction of sp³-hybridized carbons (Fsp3) is 0.391. The third kappa shape index (κ3) is 13.5. The van der Waals surface area contributed by atoms with Crippen molar-refractivity contribution in [1.82, 2.24) is 0 Å². The summed E-state index contributed by atoms with van der Waals surface area (Å²) >= 11 is 0. The summed E-state index contributed by atoms with van der Waals surface area (Å²) in [5.74, 6) is 4.93. The van der Waals surface area contributed by atoms with E-state index in [1.165, 1.54) is 89.0 Å². The number of hydrogen-bond donors (Lipinski definition) is 0. The molecule has 0 amide bonds. The minimum absolute atomic E-state index is 0.0350. The zero-order valence-corrected chi connectivity index (χ0v) is 46.1. The normalized spacial score (nSPS) is 12.5. The van der Waals surface area contributed by atoms with Crippen molar-refractivity contribution in [2.45, 2.75) is 177 Å². The van der Waals surface area contributed by atoms with Crippen molar-refractivity contribution in [3.8, 4) is 33.4 Å². The van der Waals surface area contributed by atoms with E-state index >= 15 is 0 Å². The number of benzene rings is 7. The van der Waals surface area contributed by atoms with Crippen molar-refractivity contribution in [2.75, 3.05) is 0 Å². The Bertz CT molecular complexity index is 2480. The van der Waals surface area contributed by atoms with Crippen molar-refractivity contribution in [1.29, 1.82) is 0 Å². The van der Waals surface area contributed by atoms with E-state index in [9.17, 15) is 0 Å². The molecule has 0 saturated carbocycles. The largest absolute Gasteiger partial charge is 0.0620 e. The lowest BCUT2D eigenvalue weighted by Crippen LogP contribution is -2.14. The Morgan fingerprint density at radius 2 is 0.493 bits per heavy atom.